The second-order valence-corrected chi connectivity index (χ2v) is 7.74. The molecule has 0 aromatic rings. The van der Waals surface area contributed by atoms with Gasteiger partial charge in [-0.3, -0.25) is 4.99 Å². The fourth-order valence-corrected chi connectivity index (χ4v) is 4.26. The van der Waals surface area contributed by atoms with Crippen molar-refractivity contribution in [1.29, 1.82) is 0 Å². The fraction of sp³-hybridized carbons (Fsp3) is 0.952. The first-order valence-electron chi connectivity index (χ1n) is 10.7. The lowest BCUT2D eigenvalue weighted by molar-refractivity contribution is 0.378. The van der Waals surface area contributed by atoms with Gasteiger partial charge in [-0.25, -0.2) is 0 Å². The quantitative estimate of drug-likeness (QED) is 0.414. The maximum Gasteiger partial charge on any atom is 0.102 e. The van der Waals surface area contributed by atoms with Gasteiger partial charge in [0.1, 0.15) is 5.84 Å². The number of rotatable bonds is 11. The summed E-state index contributed by atoms with van der Waals surface area (Å²) in [4.78, 5) is 7.51. The predicted molar refractivity (Wildman–Crippen MR) is 102 cm³/mol. The van der Waals surface area contributed by atoms with Gasteiger partial charge in [0.15, 0.2) is 0 Å². The maximum absolute atomic E-state index is 4.90. The molecule has 1 unspecified atom stereocenters. The van der Waals surface area contributed by atoms with Crippen LogP contribution in [0.4, 0.5) is 0 Å². The van der Waals surface area contributed by atoms with Crippen LogP contribution in [0.15, 0.2) is 4.99 Å². The van der Waals surface area contributed by atoms with E-state index in [1.807, 2.05) is 0 Å². The van der Waals surface area contributed by atoms with Crippen molar-refractivity contribution >= 4 is 5.84 Å². The average Bonchev–Trinajstić information content (AvgIpc) is 2.79. The van der Waals surface area contributed by atoms with Gasteiger partial charge >= 0.3 is 0 Å². The van der Waals surface area contributed by atoms with Crippen LogP contribution in [0.25, 0.3) is 0 Å². The number of hydrogen-bond acceptors (Lipinski definition) is 2. The molecule has 23 heavy (non-hydrogen) atoms. The summed E-state index contributed by atoms with van der Waals surface area (Å²) in [6.07, 6.45) is 21.3. The van der Waals surface area contributed by atoms with Crippen LogP contribution in [0.1, 0.15) is 103 Å². The smallest absolute Gasteiger partial charge is 0.102 e. The molecular weight excluding hydrogens is 280 g/mol. The SMILES string of the molecule is CCCCCCCCCCCCC1CCCCN2CCCN=C12. The van der Waals surface area contributed by atoms with Gasteiger partial charge in [0.05, 0.1) is 0 Å². The summed E-state index contributed by atoms with van der Waals surface area (Å²) < 4.78 is 0. The molecule has 2 nitrogen and oxygen atoms in total. The van der Waals surface area contributed by atoms with E-state index in [1.54, 1.807) is 0 Å². The minimum Gasteiger partial charge on any atom is -0.360 e. The molecule has 1 atom stereocenters. The van der Waals surface area contributed by atoms with E-state index in [0.29, 0.717) is 0 Å². The molecule has 0 spiro atoms. The van der Waals surface area contributed by atoms with Gasteiger partial charge < -0.3 is 4.90 Å². The van der Waals surface area contributed by atoms with Crippen LogP contribution >= 0.6 is 0 Å². The monoisotopic (exact) mass is 320 g/mol. The zero-order valence-corrected chi connectivity index (χ0v) is 15.7. The van der Waals surface area contributed by atoms with Crippen LogP contribution in [-0.4, -0.2) is 30.4 Å². The van der Waals surface area contributed by atoms with Crippen molar-refractivity contribution in [2.24, 2.45) is 10.9 Å². The summed E-state index contributed by atoms with van der Waals surface area (Å²) in [5.74, 6) is 2.27. The number of aliphatic imine (C=N–C) groups is 1. The Labute approximate surface area is 145 Å². The van der Waals surface area contributed by atoms with E-state index in [2.05, 4.69) is 11.8 Å². The first kappa shape index (κ1) is 18.8. The summed E-state index contributed by atoms with van der Waals surface area (Å²) in [7, 11) is 0. The van der Waals surface area contributed by atoms with Crippen LogP contribution < -0.4 is 0 Å². The van der Waals surface area contributed by atoms with Gasteiger partial charge in [0.2, 0.25) is 0 Å². The lowest BCUT2D eigenvalue weighted by atomic mass is 9.94. The molecular formula is C21H40N2. The maximum atomic E-state index is 4.90. The Balaban J connectivity index is 1.52. The summed E-state index contributed by atoms with van der Waals surface area (Å²) >= 11 is 0. The van der Waals surface area contributed by atoms with Gasteiger partial charge in [-0.2, -0.15) is 0 Å². The Morgan fingerprint density at radius 3 is 2.22 bits per heavy atom. The van der Waals surface area contributed by atoms with Crippen molar-refractivity contribution in [2.75, 3.05) is 19.6 Å². The second-order valence-electron chi connectivity index (χ2n) is 7.74. The standard InChI is InChI=1S/C21H40N2/c1-2-3-4-5-6-7-8-9-10-11-15-20-16-12-13-18-23-19-14-17-22-21(20)23/h20H,2-19H2,1H3. The molecule has 0 aromatic heterocycles. The molecule has 0 aliphatic carbocycles. The first-order chi connectivity index (χ1) is 11.4. The third kappa shape index (κ3) is 7.27. The van der Waals surface area contributed by atoms with Crippen LogP contribution in [0.2, 0.25) is 0 Å². The number of nitrogens with zero attached hydrogens (tertiary/aromatic N) is 2. The first-order valence-corrected chi connectivity index (χ1v) is 10.7. The Morgan fingerprint density at radius 2 is 1.48 bits per heavy atom. The molecule has 0 radical (unpaired) electrons. The summed E-state index contributed by atoms with van der Waals surface area (Å²) in [5.41, 5.74) is 0. The van der Waals surface area contributed by atoms with Crippen molar-refractivity contribution in [3.63, 3.8) is 0 Å². The van der Waals surface area contributed by atoms with E-state index in [1.165, 1.54) is 115 Å². The van der Waals surface area contributed by atoms with Crippen molar-refractivity contribution in [3.8, 4) is 0 Å². The minimum atomic E-state index is 0.784. The zero-order chi connectivity index (χ0) is 16.2. The Hall–Kier alpha value is -0.530. The molecule has 134 valence electrons. The highest BCUT2D eigenvalue weighted by Crippen LogP contribution is 2.26. The van der Waals surface area contributed by atoms with Crippen LogP contribution in [0, 0.1) is 5.92 Å². The molecule has 1 fully saturated rings. The summed E-state index contributed by atoms with van der Waals surface area (Å²) in [6.45, 7) is 5.92. The Bertz CT molecular complexity index is 324. The lowest BCUT2D eigenvalue weighted by Crippen LogP contribution is -2.39. The minimum absolute atomic E-state index is 0.784. The summed E-state index contributed by atoms with van der Waals surface area (Å²) in [6, 6.07) is 0. The second kappa shape index (κ2) is 11.9. The summed E-state index contributed by atoms with van der Waals surface area (Å²) in [5, 5.41) is 0. The molecule has 0 aromatic carbocycles. The van der Waals surface area contributed by atoms with E-state index in [4.69, 9.17) is 4.99 Å². The number of unbranched alkanes of at least 4 members (excludes halogenated alkanes) is 9. The van der Waals surface area contributed by atoms with Crippen molar-refractivity contribution in [2.45, 2.75) is 103 Å². The highest BCUT2D eigenvalue weighted by molar-refractivity contribution is 5.85. The molecule has 2 aliphatic rings. The van der Waals surface area contributed by atoms with Crippen LogP contribution in [-0.2, 0) is 0 Å². The molecule has 2 rings (SSSR count). The molecule has 2 heterocycles. The van der Waals surface area contributed by atoms with E-state index in [-0.39, 0.29) is 0 Å². The molecule has 2 aliphatic heterocycles. The highest BCUT2D eigenvalue weighted by Gasteiger charge is 2.25. The average molecular weight is 321 g/mol. The Kier molecular flexibility index (Phi) is 9.75. The van der Waals surface area contributed by atoms with Crippen molar-refractivity contribution < 1.29 is 0 Å². The van der Waals surface area contributed by atoms with Gasteiger partial charge in [0, 0.05) is 25.6 Å². The van der Waals surface area contributed by atoms with Crippen molar-refractivity contribution in [3.05, 3.63) is 0 Å². The van der Waals surface area contributed by atoms with E-state index in [9.17, 15) is 0 Å². The number of amidine groups is 1. The Morgan fingerprint density at radius 1 is 0.826 bits per heavy atom. The van der Waals surface area contributed by atoms with E-state index >= 15 is 0 Å². The molecule has 1 saturated heterocycles. The van der Waals surface area contributed by atoms with Gasteiger partial charge in [-0.05, 0) is 25.7 Å². The highest BCUT2D eigenvalue weighted by atomic mass is 15.2. The molecule has 0 bridgehead atoms. The van der Waals surface area contributed by atoms with E-state index < -0.39 is 0 Å². The van der Waals surface area contributed by atoms with E-state index in [0.717, 1.165) is 12.5 Å². The lowest BCUT2D eigenvalue weighted by Gasteiger charge is -2.31. The van der Waals surface area contributed by atoms with Gasteiger partial charge in [-0.1, -0.05) is 77.6 Å². The molecule has 0 amide bonds. The van der Waals surface area contributed by atoms with Gasteiger partial charge in [0.25, 0.3) is 0 Å². The fourth-order valence-electron chi connectivity index (χ4n) is 4.26. The molecule has 2 heteroatoms. The normalized spacial score (nSPS) is 21.7. The van der Waals surface area contributed by atoms with Crippen LogP contribution in [0.5, 0.6) is 0 Å². The van der Waals surface area contributed by atoms with Crippen molar-refractivity contribution in [1.82, 2.24) is 4.90 Å². The molecule has 0 saturated carbocycles. The van der Waals surface area contributed by atoms with Gasteiger partial charge in [-0.15, -0.1) is 0 Å². The van der Waals surface area contributed by atoms with Crippen LogP contribution in [0.3, 0.4) is 0 Å². The zero-order valence-electron chi connectivity index (χ0n) is 15.7. The molecule has 0 N–H and O–H groups in total. The number of hydrogen-bond donors (Lipinski definition) is 0. The third-order valence-corrected chi connectivity index (χ3v) is 5.69. The number of fused-ring (bicyclic) bond motifs is 1. The topological polar surface area (TPSA) is 15.6 Å². The largest absolute Gasteiger partial charge is 0.360 e. The predicted octanol–water partition coefficient (Wildman–Crippen LogP) is 6.20. The third-order valence-electron chi connectivity index (χ3n) is 5.69.